The largest absolute Gasteiger partial charge is 0.457 e. The number of carbonyl (C=O) groups excluding carboxylic acids is 1. The number of nitrogens with zero attached hydrogens (tertiary/aromatic N) is 4. The summed E-state index contributed by atoms with van der Waals surface area (Å²) in [6, 6.07) is 14.1. The molecule has 0 bridgehead atoms. The zero-order chi connectivity index (χ0) is 25.2. The predicted molar refractivity (Wildman–Crippen MR) is 123 cm³/mol. The van der Waals surface area contributed by atoms with Gasteiger partial charge >= 0.3 is 5.97 Å². The van der Waals surface area contributed by atoms with E-state index in [2.05, 4.69) is 15.4 Å². The molecule has 1 aromatic carbocycles. The standard InChI is InChI=1S/C24H27N5O6/c1-14(2)10-19(31)34-20-17(11-30)35-24(12-25,21(20)32)18-9-8-16-22(26-13-27-29(16)18)28-23(33)15-6-4-3-5-7-15/h3-9,13-14,17,20-21,23,30,32-33H,10-11H2,1-2H3,(H,26,27,28)/t17-,20-,21-,23?,24+/m1/s1. The van der Waals surface area contributed by atoms with Crippen molar-refractivity contribution in [2.24, 2.45) is 5.92 Å². The first-order chi connectivity index (χ1) is 16.8. The third-order valence-electron chi connectivity index (χ3n) is 5.84. The monoisotopic (exact) mass is 481 g/mol. The van der Waals surface area contributed by atoms with Crippen LogP contribution in [-0.2, 0) is 19.9 Å². The highest BCUT2D eigenvalue weighted by Gasteiger charge is 2.59. The molecular formula is C24H27N5O6. The topological polar surface area (TPSA) is 162 Å². The van der Waals surface area contributed by atoms with Crippen LogP contribution in [0.4, 0.5) is 5.82 Å². The molecule has 0 amide bonds. The third-order valence-corrected chi connectivity index (χ3v) is 5.84. The minimum Gasteiger partial charge on any atom is -0.457 e. The van der Waals surface area contributed by atoms with Gasteiger partial charge in [-0.1, -0.05) is 44.2 Å². The predicted octanol–water partition coefficient (Wildman–Crippen LogP) is 1.26. The summed E-state index contributed by atoms with van der Waals surface area (Å²) in [7, 11) is 0. The van der Waals surface area contributed by atoms with Gasteiger partial charge in [0.1, 0.15) is 30.1 Å². The third kappa shape index (κ3) is 4.56. The normalized spacial score (nSPS) is 24.9. The quantitative estimate of drug-likeness (QED) is 0.272. The van der Waals surface area contributed by atoms with Gasteiger partial charge in [0.15, 0.2) is 18.1 Å². The first-order valence-electron chi connectivity index (χ1n) is 11.2. The van der Waals surface area contributed by atoms with Gasteiger partial charge in [-0.2, -0.15) is 10.4 Å². The van der Waals surface area contributed by atoms with Crippen molar-refractivity contribution in [1.82, 2.24) is 14.6 Å². The lowest BCUT2D eigenvalue weighted by atomic mass is 9.92. The first kappa shape index (κ1) is 24.6. The zero-order valence-corrected chi connectivity index (χ0v) is 19.3. The van der Waals surface area contributed by atoms with E-state index in [1.54, 1.807) is 30.3 Å². The molecule has 0 saturated carbocycles. The van der Waals surface area contributed by atoms with E-state index in [9.17, 15) is 25.4 Å². The number of benzene rings is 1. The summed E-state index contributed by atoms with van der Waals surface area (Å²) in [4.78, 5) is 16.5. The van der Waals surface area contributed by atoms with E-state index >= 15 is 0 Å². The number of ether oxygens (including phenoxy) is 2. The Balaban J connectivity index is 1.68. The Morgan fingerprint density at radius 3 is 2.71 bits per heavy atom. The summed E-state index contributed by atoms with van der Waals surface area (Å²) in [5.41, 5.74) is -0.797. The average Bonchev–Trinajstić information content (AvgIpc) is 3.40. The van der Waals surface area contributed by atoms with E-state index in [0.717, 1.165) is 0 Å². The summed E-state index contributed by atoms with van der Waals surface area (Å²) in [6.07, 6.45) is -3.69. The smallest absolute Gasteiger partial charge is 0.306 e. The Morgan fingerprint density at radius 2 is 2.06 bits per heavy atom. The van der Waals surface area contributed by atoms with Gasteiger partial charge in [0.2, 0.25) is 5.60 Å². The van der Waals surface area contributed by atoms with Crippen molar-refractivity contribution in [3.8, 4) is 6.07 Å². The van der Waals surface area contributed by atoms with Crippen molar-refractivity contribution >= 4 is 17.3 Å². The minimum absolute atomic E-state index is 0.0266. The van der Waals surface area contributed by atoms with Gasteiger partial charge in [-0.15, -0.1) is 0 Å². The van der Waals surface area contributed by atoms with Crippen LogP contribution < -0.4 is 5.32 Å². The Labute approximate surface area is 201 Å². The number of esters is 1. The molecule has 4 N–H and O–H groups in total. The zero-order valence-electron chi connectivity index (χ0n) is 19.3. The maximum Gasteiger partial charge on any atom is 0.306 e. The molecule has 4 rings (SSSR count). The van der Waals surface area contributed by atoms with Crippen LogP contribution in [0, 0.1) is 17.2 Å². The van der Waals surface area contributed by atoms with Crippen LogP contribution in [0.3, 0.4) is 0 Å². The first-order valence-corrected chi connectivity index (χ1v) is 11.2. The molecule has 35 heavy (non-hydrogen) atoms. The van der Waals surface area contributed by atoms with Crippen LogP contribution >= 0.6 is 0 Å². The lowest BCUT2D eigenvalue weighted by Gasteiger charge is -2.25. The molecule has 1 fully saturated rings. The summed E-state index contributed by atoms with van der Waals surface area (Å²) in [5.74, 6) is -0.260. The number of aliphatic hydroxyl groups excluding tert-OH is 3. The van der Waals surface area contributed by atoms with E-state index < -0.39 is 42.7 Å². The number of anilines is 1. The fourth-order valence-corrected chi connectivity index (χ4v) is 4.16. The molecule has 11 heteroatoms. The van der Waals surface area contributed by atoms with Crippen LogP contribution in [0.5, 0.6) is 0 Å². The molecule has 3 heterocycles. The molecule has 2 aromatic heterocycles. The summed E-state index contributed by atoms with van der Waals surface area (Å²) < 4.78 is 12.6. The van der Waals surface area contributed by atoms with Gasteiger partial charge < -0.3 is 30.1 Å². The summed E-state index contributed by atoms with van der Waals surface area (Å²) >= 11 is 0. The number of aliphatic hydroxyl groups is 3. The van der Waals surface area contributed by atoms with Crippen LogP contribution in [0.2, 0.25) is 0 Å². The van der Waals surface area contributed by atoms with E-state index in [0.29, 0.717) is 11.1 Å². The van der Waals surface area contributed by atoms with Crippen LogP contribution in [0.1, 0.15) is 37.8 Å². The van der Waals surface area contributed by atoms with Gasteiger partial charge in [0.05, 0.1) is 12.3 Å². The highest BCUT2D eigenvalue weighted by atomic mass is 16.6. The minimum atomic E-state index is -1.98. The van der Waals surface area contributed by atoms with Crippen molar-refractivity contribution < 1.29 is 29.6 Å². The highest BCUT2D eigenvalue weighted by molar-refractivity contribution is 5.70. The Morgan fingerprint density at radius 1 is 1.31 bits per heavy atom. The van der Waals surface area contributed by atoms with Gasteiger partial charge in [0, 0.05) is 12.0 Å². The molecule has 0 radical (unpaired) electrons. The van der Waals surface area contributed by atoms with Crippen molar-refractivity contribution in [3.05, 3.63) is 60.0 Å². The van der Waals surface area contributed by atoms with Gasteiger partial charge in [-0.3, -0.25) is 4.79 Å². The molecule has 3 aromatic rings. The molecular weight excluding hydrogens is 454 g/mol. The van der Waals surface area contributed by atoms with Crippen LogP contribution in [0.25, 0.3) is 5.52 Å². The number of carbonyl (C=O) groups is 1. The second-order valence-electron chi connectivity index (χ2n) is 8.77. The van der Waals surface area contributed by atoms with E-state index in [-0.39, 0.29) is 23.9 Å². The molecule has 0 aliphatic carbocycles. The molecule has 1 unspecified atom stereocenters. The van der Waals surface area contributed by atoms with E-state index in [1.807, 2.05) is 26.0 Å². The number of hydrogen-bond donors (Lipinski definition) is 4. The van der Waals surface area contributed by atoms with Gasteiger partial charge in [-0.25, -0.2) is 9.50 Å². The fourth-order valence-electron chi connectivity index (χ4n) is 4.16. The Hall–Kier alpha value is -3.56. The molecule has 1 saturated heterocycles. The van der Waals surface area contributed by atoms with Gasteiger partial charge in [0.25, 0.3) is 0 Å². The lowest BCUT2D eigenvalue weighted by molar-refractivity contribution is -0.157. The van der Waals surface area contributed by atoms with Crippen LogP contribution in [-0.4, -0.2) is 60.8 Å². The average molecular weight is 482 g/mol. The van der Waals surface area contributed by atoms with Crippen LogP contribution in [0.15, 0.2) is 48.8 Å². The summed E-state index contributed by atoms with van der Waals surface area (Å²) in [6.45, 7) is 3.12. The lowest BCUT2D eigenvalue weighted by Crippen LogP contribution is -2.43. The van der Waals surface area contributed by atoms with Crippen molar-refractivity contribution in [1.29, 1.82) is 5.26 Å². The number of nitrogens with one attached hydrogen (secondary N) is 1. The SMILES string of the molecule is CC(C)CC(=O)O[C@H]1[C@@H](O)[C@](C#N)(c2ccc3c(NC(O)c4ccccc4)ncnn23)O[C@@H]1CO. The highest BCUT2D eigenvalue weighted by Crippen LogP contribution is 2.42. The van der Waals surface area contributed by atoms with Crippen molar-refractivity contribution in [2.45, 2.75) is 50.4 Å². The molecule has 1 aliphatic heterocycles. The molecule has 0 spiro atoms. The Bertz CT molecular complexity index is 1230. The van der Waals surface area contributed by atoms with Crippen molar-refractivity contribution in [3.63, 3.8) is 0 Å². The van der Waals surface area contributed by atoms with E-state index in [4.69, 9.17) is 9.47 Å². The number of nitriles is 1. The molecule has 184 valence electrons. The number of rotatable bonds is 8. The number of hydrogen-bond acceptors (Lipinski definition) is 10. The van der Waals surface area contributed by atoms with Crippen molar-refractivity contribution in [2.75, 3.05) is 11.9 Å². The van der Waals surface area contributed by atoms with E-state index in [1.165, 1.54) is 16.9 Å². The maximum atomic E-state index is 12.3. The molecule has 11 nitrogen and oxygen atoms in total. The Kier molecular flexibility index (Phi) is 7.00. The van der Waals surface area contributed by atoms with Gasteiger partial charge in [-0.05, 0) is 18.1 Å². The number of fused-ring (bicyclic) bond motifs is 1. The fraction of sp³-hybridized carbons (Fsp3) is 0.417. The summed E-state index contributed by atoms with van der Waals surface area (Å²) in [5, 5.41) is 48.8. The number of aromatic nitrogens is 3. The molecule has 5 atom stereocenters. The second-order valence-corrected chi connectivity index (χ2v) is 8.77. The molecule has 1 aliphatic rings. The second kappa shape index (κ2) is 9.97. The maximum absolute atomic E-state index is 12.3.